The summed E-state index contributed by atoms with van der Waals surface area (Å²) in [6, 6.07) is 2.58. The number of ether oxygens (including phenoxy) is 1. The summed E-state index contributed by atoms with van der Waals surface area (Å²) in [6.45, 7) is 8.38. The summed E-state index contributed by atoms with van der Waals surface area (Å²) >= 11 is 0. The number of primary amides is 1. The molecule has 6 atom stereocenters. The highest BCUT2D eigenvalue weighted by molar-refractivity contribution is 5.99. The summed E-state index contributed by atoms with van der Waals surface area (Å²) in [6.07, 6.45) is -6.67. The van der Waals surface area contributed by atoms with Crippen LogP contribution in [0.2, 0.25) is 0 Å². The first-order valence-electron chi connectivity index (χ1n) is 13.2. The van der Waals surface area contributed by atoms with Gasteiger partial charge >= 0.3 is 12.1 Å². The van der Waals surface area contributed by atoms with Gasteiger partial charge in [0.2, 0.25) is 17.7 Å². The first-order valence-corrected chi connectivity index (χ1v) is 13.2. The van der Waals surface area contributed by atoms with Gasteiger partial charge in [0.15, 0.2) is 6.10 Å². The lowest BCUT2D eigenvalue weighted by molar-refractivity contribution is -0.176. The Morgan fingerprint density at radius 3 is 2.37 bits per heavy atom. The van der Waals surface area contributed by atoms with Crippen molar-refractivity contribution in [2.45, 2.75) is 71.4 Å². The minimum atomic E-state index is -5.21. The predicted molar refractivity (Wildman–Crippen MR) is 139 cm³/mol. The Hall–Kier alpha value is -3.84. The quantitative estimate of drug-likeness (QED) is 0.380. The fourth-order valence-electron chi connectivity index (χ4n) is 5.81. The molecule has 5 N–H and O–H groups in total. The van der Waals surface area contributed by atoms with Gasteiger partial charge < -0.3 is 31.3 Å². The molecule has 3 aliphatic rings. The van der Waals surface area contributed by atoms with E-state index in [0.717, 1.165) is 0 Å². The number of nitrogens with one attached hydrogen (secondary N) is 3. The second kappa shape index (κ2) is 10.2. The minimum Gasteiger partial charge on any atom is -0.478 e. The van der Waals surface area contributed by atoms with Crippen LogP contribution in [0.1, 0.15) is 41.0 Å². The monoisotopic (exact) mass is 581 g/mol. The van der Waals surface area contributed by atoms with Gasteiger partial charge in [0, 0.05) is 13.0 Å². The van der Waals surface area contributed by atoms with Crippen molar-refractivity contribution in [2.75, 3.05) is 11.9 Å². The van der Waals surface area contributed by atoms with Gasteiger partial charge in [-0.3, -0.25) is 24.0 Å². The van der Waals surface area contributed by atoms with Crippen LogP contribution in [0.3, 0.4) is 0 Å². The Kier molecular flexibility index (Phi) is 7.50. The maximum absolute atomic E-state index is 13.7. The summed E-state index contributed by atoms with van der Waals surface area (Å²) in [5.41, 5.74) is 4.52. The Bertz CT molecular complexity index is 1280. The van der Waals surface area contributed by atoms with Gasteiger partial charge in [0.25, 0.3) is 5.91 Å². The largest absolute Gasteiger partial charge is 0.478 e. The molecule has 1 saturated heterocycles. The molecule has 1 aliphatic carbocycles. The first-order chi connectivity index (χ1) is 18.8. The normalized spacial score (nSPS) is 26.0. The number of anilines is 1. The number of carbonyl (C=O) groups excluding carboxylic acids is 5. The van der Waals surface area contributed by atoms with E-state index in [0.29, 0.717) is 11.4 Å². The van der Waals surface area contributed by atoms with E-state index in [2.05, 4.69) is 10.6 Å². The van der Waals surface area contributed by atoms with Crippen LogP contribution in [0.15, 0.2) is 24.3 Å². The zero-order valence-corrected chi connectivity index (χ0v) is 23.3. The molecule has 224 valence electrons. The van der Waals surface area contributed by atoms with Gasteiger partial charge in [-0.1, -0.05) is 46.8 Å². The van der Waals surface area contributed by atoms with Crippen molar-refractivity contribution in [3.05, 3.63) is 24.3 Å². The Balaban J connectivity index is 1.54. The van der Waals surface area contributed by atoms with Crippen molar-refractivity contribution in [1.82, 2.24) is 15.5 Å². The zero-order valence-electron chi connectivity index (χ0n) is 23.3. The lowest BCUT2D eigenvalue weighted by Gasteiger charge is -2.38. The Labute approximate surface area is 234 Å². The minimum absolute atomic E-state index is 0.0786. The number of benzene rings is 1. The Morgan fingerprint density at radius 2 is 1.78 bits per heavy atom. The number of para-hydroxylation sites is 2. The molecule has 41 heavy (non-hydrogen) atoms. The number of likely N-dealkylation sites (tertiary alicyclic amines) is 1. The third-order valence-corrected chi connectivity index (χ3v) is 8.22. The molecule has 2 aliphatic heterocycles. The molecule has 2 fully saturated rings. The van der Waals surface area contributed by atoms with E-state index in [1.807, 2.05) is 13.8 Å². The lowest BCUT2D eigenvalue weighted by Crippen LogP contribution is -2.61. The van der Waals surface area contributed by atoms with E-state index >= 15 is 0 Å². The van der Waals surface area contributed by atoms with Crippen molar-refractivity contribution >= 4 is 35.2 Å². The van der Waals surface area contributed by atoms with Crippen molar-refractivity contribution in [3.8, 4) is 5.75 Å². The maximum Gasteiger partial charge on any atom is 0.471 e. The maximum atomic E-state index is 13.7. The predicted octanol–water partition coefficient (Wildman–Crippen LogP) is 1.32. The van der Waals surface area contributed by atoms with E-state index in [-0.39, 0.29) is 30.2 Å². The number of hydrogen-bond donors (Lipinski definition) is 4. The number of alkyl halides is 3. The highest BCUT2D eigenvalue weighted by atomic mass is 19.4. The average Bonchev–Trinajstić information content (AvgIpc) is 3.18. The molecule has 0 aromatic heterocycles. The van der Waals surface area contributed by atoms with E-state index < -0.39 is 65.4 Å². The fourth-order valence-corrected chi connectivity index (χ4v) is 5.81. The number of amides is 5. The smallest absolute Gasteiger partial charge is 0.471 e. The van der Waals surface area contributed by atoms with Crippen LogP contribution in [-0.2, 0) is 24.0 Å². The molecular weight excluding hydrogens is 547 g/mol. The second-order valence-corrected chi connectivity index (χ2v) is 12.5. The summed E-state index contributed by atoms with van der Waals surface area (Å²) in [7, 11) is 0. The fraction of sp³-hybridized carbons (Fsp3) is 0.593. The molecule has 2 heterocycles. The molecule has 4 rings (SSSR count). The second-order valence-electron chi connectivity index (χ2n) is 12.5. The van der Waals surface area contributed by atoms with Crippen LogP contribution in [0, 0.1) is 22.7 Å². The van der Waals surface area contributed by atoms with Crippen LogP contribution < -0.4 is 26.4 Å². The number of halogens is 3. The molecule has 3 unspecified atom stereocenters. The molecule has 0 radical (unpaired) electrons. The number of piperidine rings is 1. The zero-order chi connectivity index (χ0) is 30.7. The topological polar surface area (TPSA) is 160 Å². The van der Waals surface area contributed by atoms with Crippen LogP contribution in [0.5, 0.6) is 5.75 Å². The third kappa shape index (κ3) is 5.82. The van der Waals surface area contributed by atoms with Crippen molar-refractivity contribution < 1.29 is 41.9 Å². The lowest BCUT2D eigenvalue weighted by atomic mass is 9.85. The number of nitrogens with zero attached hydrogens (tertiary/aromatic N) is 1. The molecule has 0 bridgehead atoms. The number of fused-ring (bicyclic) bond motifs is 2. The van der Waals surface area contributed by atoms with Gasteiger partial charge in [-0.2, -0.15) is 13.2 Å². The molecule has 1 aromatic rings. The average molecular weight is 582 g/mol. The van der Waals surface area contributed by atoms with Crippen LogP contribution in [0.4, 0.5) is 18.9 Å². The molecule has 11 nitrogen and oxygen atoms in total. The van der Waals surface area contributed by atoms with Gasteiger partial charge in [-0.05, 0) is 34.8 Å². The summed E-state index contributed by atoms with van der Waals surface area (Å²) in [5, 5.41) is 6.99. The number of nitrogens with two attached hydrogens (primary N) is 1. The number of carbonyl (C=O) groups is 5. The van der Waals surface area contributed by atoms with E-state index in [1.165, 1.54) is 25.7 Å². The van der Waals surface area contributed by atoms with Crippen molar-refractivity contribution in [2.24, 2.45) is 28.4 Å². The molecule has 14 heteroatoms. The van der Waals surface area contributed by atoms with Gasteiger partial charge in [-0.25, -0.2) is 0 Å². The molecule has 0 spiro atoms. The summed E-state index contributed by atoms with van der Waals surface area (Å²) in [5.74, 6) is -5.45. The van der Waals surface area contributed by atoms with Crippen molar-refractivity contribution in [3.63, 3.8) is 0 Å². The van der Waals surface area contributed by atoms with Crippen LogP contribution in [-0.4, -0.2) is 71.4 Å². The third-order valence-electron chi connectivity index (χ3n) is 8.22. The van der Waals surface area contributed by atoms with Gasteiger partial charge in [-0.15, -0.1) is 0 Å². The number of rotatable bonds is 7. The van der Waals surface area contributed by atoms with E-state index in [4.69, 9.17) is 10.5 Å². The molecule has 1 saturated carbocycles. The van der Waals surface area contributed by atoms with Crippen LogP contribution in [0.25, 0.3) is 0 Å². The van der Waals surface area contributed by atoms with E-state index in [1.54, 1.807) is 29.6 Å². The molecule has 1 aromatic carbocycles. The first kappa shape index (κ1) is 30.1. The number of hydrogen-bond acceptors (Lipinski definition) is 6. The highest BCUT2D eigenvalue weighted by Gasteiger charge is 2.70. The summed E-state index contributed by atoms with van der Waals surface area (Å²) < 4.78 is 44.9. The van der Waals surface area contributed by atoms with Gasteiger partial charge in [0.1, 0.15) is 23.9 Å². The Morgan fingerprint density at radius 1 is 1.15 bits per heavy atom. The van der Waals surface area contributed by atoms with Gasteiger partial charge in [0.05, 0.1) is 5.69 Å². The SMILES string of the molecule is CC1(C)C2CN(C(=O)[C@@H](NC(=O)C(F)(F)F)C(C)(C)C)C(C(=O)N[C@@H](C[C@@H]3Oc4ccccc4NC3=O)C(N)=O)C21. The molecular formula is C27H34F3N5O6. The summed E-state index contributed by atoms with van der Waals surface area (Å²) in [4.78, 5) is 65.2. The molecule has 5 amide bonds. The standard InChI is InChI=1S/C27H34F3N5O6/c1-25(2,3)19(34-24(40)27(28,29)30)23(39)35-11-12-17(26(12,4)5)18(35)22(38)33-14(20(31)36)10-16-21(37)32-13-8-6-7-9-15(13)41-16/h6-9,12,14,16-19H,10-11H2,1-5H3,(H2,31,36)(H,32,37)(H,33,38)(H,34,40)/t12?,14-,16-,17?,18?,19+/m0/s1. The van der Waals surface area contributed by atoms with E-state index in [9.17, 15) is 37.1 Å². The van der Waals surface area contributed by atoms with Crippen molar-refractivity contribution in [1.29, 1.82) is 0 Å². The van der Waals surface area contributed by atoms with Crippen LogP contribution >= 0.6 is 0 Å². The highest BCUT2D eigenvalue weighted by Crippen LogP contribution is 2.65.